The zero-order valence-corrected chi connectivity index (χ0v) is 13.4. The van der Waals surface area contributed by atoms with E-state index in [4.69, 9.17) is 9.63 Å². The Morgan fingerprint density at radius 1 is 1.26 bits per heavy atom. The van der Waals surface area contributed by atoms with Crippen LogP contribution in [-0.2, 0) is 11.2 Å². The summed E-state index contributed by atoms with van der Waals surface area (Å²) < 4.78 is 5.14. The summed E-state index contributed by atoms with van der Waals surface area (Å²) >= 11 is 0. The smallest absolute Gasteiger partial charge is 0.335 e. The predicted octanol–water partition coefficient (Wildman–Crippen LogP) is 2.45. The maximum absolute atomic E-state index is 12.0. The Morgan fingerprint density at radius 2 is 1.91 bits per heavy atom. The molecule has 1 atom stereocenters. The number of aromatic nitrogens is 1. The molecule has 2 N–H and O–H groups in total. The van der Waals surface area contributed by atoms with E-state index in [0.29, 0.717) is 6.54 Å². The van der Waals surface area contributed by atoms with Crippen molar-refractivity contribution in [2.45, 2.75) is 33.1 Å². The zero-order chi connectivity index (χ0) is 17.0. The van der Waals surface area contributed by atoms with E-state index in [1.165, 1.54) is 12.1 Å². The molecule has 0 aliphatic rings. The van der Waals surface area contributed by atoms with Crippen molar-refractivity contribution < 1.29 is 19.2 Å². The first-order valence-electron chi connectivity index (χ1n) is 7.40. The molecule has 1 unspecified atom stereocenters. The number of amides is 1. The molecule has 1 aromatic carbocycles. The fraction of sp³-hybridized carbons (Fsp3) is 0.353. The Balaban J connectivity index is 1.89. The molecule has 0 aliphatic heterocycles. The van der Waals surface area contributed by atoms with Crippen molar-refractivity contribution in [2.24, 2.45) is 0 Å². The van der Waals surface area contributed by atoms with Crippen LogP contribution >= 0.6 is 0 Å². The summed E-state index contributed by atoms with van der Waals surface area (Å²) in [5.41, 5.74) is 2.85. The third-order valence-corrected chi connectivity index (χ3v) is 3.75. The SMILES string of the molecule is Cc1noc(C)c1C(C)CNC(=O)Cc1ccc(C(=O)O)cc1. The first-order chi connectivity index (χ1) is 10.9. The van der Waals surface area contributed by atoms with Crippen molar-refractivity contribution in [3.63, 3.8) is 0 Å². The zero-order valence-electron chi connectivity index (χ0n) is 13.4. The predicted molar refractivity (Wildman–Crippen MR) is 84.5 cm³/mol. The number of aromatic carboxylic acids is 1. The normalized spacial score (nSPS) is 12.0. The van der Waals surface area contributed by atoms with Gasteiger partial charge in [-0.15, -0.1) is 0 Å². The lowest BCUT2D eigenvalue weighted by atomic mass is 9.99. The van der Waals surface area contributed by atoms with Gasteiger partial charge in [-0.1, -0.05) is 24.2 Å². The highest BCUT2D eigenvalue weighted by molar-refractivity contribution is 5.87. The molecule has 1 heterocycles. The Morgan fingerprint density at radius 3 is 2.43 bits per heavy atom. The van der Waals surface area contributed by atoms with Crippen LogP contribution in [0.1, 0.15) is 45.8 Å². The summed E-state index contributed by atoms with van der Waals surface area (Å²) in [4.78, 5) is 22.8. The van der Waals surface area contributed by atoms with Crippen LogP contribution in [0.2, 0.25) is 0 Å². The molecule has 2 aromatic rings. The van der Waals surface area contributed by atoms with E-state index in [1.54, 1.807) is 12.1 Å². The lowest BCUT2D eigenvalue weighted by Crippen LogP contribution is -2.29. The van der Waals surface area contributed by atoms with Gasteiger partial charge in [-0.3, -0.25) is 4.79 Å². The van der Waals surface area contributed by atoms with Gasteiger partial charge in [0.05, 0.1) is 17.7 Å². The first-order valence-corrected chi connectivity index (χ1v) is 7.40. The second-order valence-corrected chi connectivity index (χ2v) is 5.62. The number of aryl methyl sites for hydroxylation is 2. The number of carbonyl (C=O) groups excluding carboxylic acids is 1. The fourth-order valence-electron chi connectivity index (χ4n) is 2.58. The molecular formula is C17H20N2O4. The van der Waals surface area contributed by atoms with Gasteiger partial charge in [-0.2, -0.15) is 0 Å². The molecule has 2 rings (SSSR count). The molecule has 0 aliphatic carbocycles. The maximum Gasteiger partial charge on any atom is 0.335 e. The fourth-order valence-corrected chi connectivity index (χ4v) is 2.58. The average Bonchev–Trinajstić information content (AvgIpc) is 2.84. The molecule has 1 amide bonds. The molecule has 0 saturated heterocycles. The Hall–Kier alpha value is -2.63. The van der Waals surface area contributed by atoms with Crippen molar-refractivity contribution in [3.05, 3.63) is 52.4 Å². The highest BCUT2D eigenvalue weighted by atomic mass is 16.5. The molecule has 0 saturated carbocycles. The number of benzene rings is 1. The Kier molecular flexibility index (Phi) is 5.16. The molecule has 0 radical (unpaired) electrons. The van der Waals surface area contributed by atoms with Crippen LogP contribution in [-0.4, -0.2) is 28.7 Å². The summed E-state index contributed by atoms with van der Waals surface area (Å²) in [5, 5.41) is 15.7. The van der Waals surface area contributed by atoms with E-state index >= 15 is 0 Å². The van der Waals surface area contributed by atoms with E-state index < -0.39 is 5.97 Å². The van der Waals surface area contributed by atoms with E-state index in [9.17, 15) is 9.59 Å². The lowest BCUT2D eigenvalue weighted by Gasteiger charge is -2.12. The Labute approximate surface area is 134 Å². The van der Waals surface area contributed by atoms with Gasteiger partial charge < -0.3 is 14.9 Å². The van der Waals surface area contributed by atoms with Gasteiger partial charge in [0.2, 0.25) is 5.91 Å². The minimum atomic E-state index is -0.978. The molecule has 1 aromatic heterocycles. The van der Waals surface area contributed by atoms with Crippen LogP contribution in [0, 0.1) is 13.8 Å². The van der Waals surface area contributed by atoms with E-state index in [0.717, 1.165) is 22.6 Å². The molecule has 122 valence electrons. The van der Waals surface area contributed by atoms with Gasteiger partial charge >= 0.3 is 5.97 Å². The summed E-state index contributed by atoms with van der Waals surface area (Å²) in [6.07, 6.45) is 0.216. The van der Waals surface area contributed by atoms with Gasteiger partial charge in [0, 0.05) is 18.0 Å². The molecule has 6 nitrogen and oxygen atoms in total. The molecule has 6 heteroatoms. The minimum Gasteiger partial charge on any atom is -0.478 e. The number of nitrogens with zero attached hydrogens (tertiary/aromatic N) is 1. The van der Waals surface area contributed by atoms with Crippen molar-refractivity contribution >= 4 is 11.9 Å². The summed E-state index contributed by atoms with van der Waals surface area (Å²) in [6, 6.07) is 6.30. The monoisotopic (exact) mass is 316 g/mol. The van der Waals surface area contributed by atoms with Crippen LogP contribution in [0.3, 0.4) is 0 Å². The number of hydrogen-bond donors (Lipinski definition) is 2. The van der Waals surface area contributed by atoms with Crippen molar-refractivity contribution in [1.82, 2.24) is 10.5 Å². The van der Waals surface area contributed by atoms with Gasteiger partial charge in [0.1, 0.15) is 5.76 Å². The largest absolute Gasteiger partial charge is 0.478 e. The van der Waals surface area contributed by atoms with Crippen molar-refractivity contribution in [2.75, 3.05) is 6.54 Å². The summed E-state index contributed by atoms with van der Waals surface area (Å²) in [5.74, 6) is -0.200. The third kappa shape index (κ3) is 4.18. The van der Waals surface area contributed by atoms with Crippen molar-refractivity contribution in [3.8, 4) is 0 Å². The van der Waals surface area contributed by atoms with E-state index in [-0.39, 0.29) is 23.8 Å². The molecule has 0 bridgehead atoms. The standard InChI is InChI=1S/C17H20N2O4/c1-10(16-11(2)19-23-12(16)3)9-18-15(20)8-13-4-6-14(7-5-13)17(21)22/h4-7,10H,8-9H2,1-3H3,(H,18,20)(H,21,22). The van der Waals surface area contributed by atoms with Gasteiger partial charge in [-0.25, -0.2) is 4.79 Å². The van der Waals surface area contributed by atoms with Crippen LogP contribution in [0.25, 0.3) is 0 Å². The number of nitrogens with one attached hydrogen (secondary N) is 1. The maximum atomic E-state index is 12.0. The number of carboxylic acids is 1. The van der Waals surface area contributed by atoms with Crippen molar-refractivity contribution in [1.29, 1.82) is 0 Å². The second-order valence-electron chi connectivity index (χ2n) is 5.62. The average molecular weight is 316 g/mol. The lowest BCUT2D eigenvalue weighted by molar-refractivity contribution is -0.120. The molecular weight excluding hydrogens is 296 g/mol. The number of carbonyl (C=O) groups is 2. The van der Waals surface area contributed by atoms with Crippen LogP contribution in [0.5, 0.6) is 0 Å². The Bertz CT molecular complexity index is 684. The minimum absolute atomic E-state index is 0.105. The molecule has 0 fully saturated rings. The van der Waals surface area contributed by atoms with Gasteiger partial charge in [0.15, 0.2) is 0 Å². The van der Waals surface area contributed by atoms with E-state index in [1.807, 2.05) is 20.8 Å². The number of rotatable bonds is 6. The van der Waals surface area contributed by atoms with Crippen LogP contribution < -0.4 is 5.32 Å². The summed E-state index contributed by atoms with van der Waals surface area (Å²) in [6.45, 7) is 6.25. The highest BCUT2D eigenvalue weighted by Gasteiger charge is 2.17. The number of carboxylic acid groups (broad SMARTS) is 1. The molecule has 23 heavy (non-hydrogen) atoms. The third-order valence-electron chi connectivity index (χ3n) is 3.75. The van der Waals surface area contributed by atoms with Crippen LogP contribution in [0.4, 0.5) is 0 Å². The topological polar surface area (TPSA) is 92.4 Å². The first kappa shape index (κ1) is 16.7. The van der Waals surface area contributed by atoms with Gasteiger partial charge in [-0.05, 0) is 31.5 Å². The van der Waals surface area contributed by atoms with E-state index in [2.05, 4.69) is 10.5 Å². The highest BCUT2D eigenvalue weighted by Crippen LogP contribution is 2.22. The number of hydrogen-bond acceptors (Lipinski definition) is 4. The summed E-state index contributed by atoms with van der Waals surface area (Å²) in [7, 11) is 0. The quantitative estimate of drug-likeness (QED) is 0.854. The van der Waals surface area contributed by atoms with Gasteiger partial charge in [0.25, 0.3) is 0 Å². The second kappa shape index (κ2) is 7.09. The molecule has 0 spiro atoms. The van der Waals surface area contributed by atoms with Crippen LogP contribution in [0.15, 0.2) is 28.8 Å².